The largest absolute Gasteiger partial charge is 0.381 e. The van der Waals surface area contributed by atoms with E-state index >= 15 is 0 Å². The van der Waals surface area contributed by atoms with Gasteiger partial charge in [-0.15, -0.1) is 0 Å². The lowest BCUT2D eigenvalue weighted by Crippen LogP contribution is -2.45. The first-order valence-electron chi connectivity index (χ1n) is 9.38. The number of likely N-dealkylation sites (tertiary alicyclic amines) is 1. The highest BCUT2D eigenvalue weighted by molar-refractivity contribution is 5.90. The molecule has 7 nitrogen and oxygen atoms in total. The van der Waals surface area contributed by atoms with Gasteiger partial charge in [0.15, 0.2) is 5.82 Å². The Morgan fingerprint density at radius 1 is 1.40 bits per heavy atom. The number of fused-ring (bicyclic) bond motifs is 1. The van der Waals surface area contributed by atoms with Crippen LogP contribution in [-0.2, 0) is 16.5 Å². The number of rotatable bonds is 5. The Kier molecular flexibility index (Phi) is 5.05. The summed E-state index contributed by atoms with van der Waals surface area (Å²) < 4.78 is 13.3. The number of ether oxygens (including phenoxy) is 2. The van der Waals surface area contributed by atoms with Gasteiger partial charge in [0.05, 0.1) is 19.3 Å². The van der Waals surface area contributed by atoms with Crippen molar-refractivity contribution in [3.05, 3.63) is 18.2 Å². The minimum absolute atomic E-state index is 0.127. The summed E-state index contributed by atoms with van der Waals surface area (Å²) >= 11 is 0. The zero-order valence-electron chi connectivity index (χ0n) is 14.9. The summed E-state index contributed by atoms with van der Waals surface area (Å²) in [5, 5.41) is 2.99. The Bertz CT molecular complexity index is 599. The number of aromatic nitrogens is 2. The number of carbonyl (C=O) groups excluding carboxylic acids is 1. The van der Waals surface area contributed by atoms with E-state index in [0.717, 1.165) is 45.9 Å². The number of carbonyl (C=O) groups is 1. The summed E-state index contributed by atoms with van der Waals surface area (Å²) in [4.78, 5) is 18.9. The fourth-order valence-electron chi connectivity index (χ4n) is 4.49. The monoisotopic (exact) mass is 348 g/mol. The van der Waals surface area contributed by atoms with Gasteiger partial charge in [0.1, 0.15) is 0 Å². The third kappa shape index (κ3) is 3.73. The molecule has 0 radical (unpaired) electrons. The molecule has 3 aliphatic heterocycles. The molecular weight excluding hydrogens is 320 g/mol. The lowest BCUT2D eigenvalue weighted by atomic mass is 9.84. The zero-order chi connectivity index (χ0) is 17.2. The fourth-order valence-corrected chi connectivity index (χ4v) is 4.49. The van der Waals surface area contributed by atoms with Crippen LogP contribution in [0.25, 0.3) is 0 Å². The van der Waals surface area contributed by atoms with Crippen molar-refractivity contribution in [3.8, 4) is 0 Å². The molecule has 3 saturated heterocycles. The van der Waals surface area contributed by atoms with Gasteiger partial charge in [-0.05, 0) is 31.2 Å². The van der Waals surface area contributed by atoms with Gasteiger partial charge in [-0.3, -0.25) is 4.79 Å². The predicted octanol–water partition coefficient (Wildman–Crippen LogP) is 0.523. The van der Waals surface area contributed by atoms with Crippen molar-refractivity contribution >= 4 is 5.91 Å². The Balaban J connectivity index is 1.26. The number of amides is 1. The Hall–Kier alpha value is -1.44. The van der Waals surface area contributed by atoms with Crippen LogP contribution in [0.3, 0.4) is 0 Å². The van der Waals surface area contributed by atoms with Gasteiger partial charge in [-0.1, -0.05) is 0 Å². The van der Waals surface area contributed by atoms with E-state index in [1.54, 1.807) is 17.0 Å². The number of hydrogen-bond donors (Lipinski definition) is 1. The molecule has 0 aromatic carbocycles. The molecule has 138 valence electrons. The lowest BCUT2D eigenvalue weighted by Gasteiger charge is -2.36. The van der Waals surface area contributed by atoms with Crippen LogP contribution < -0.4 is 5.32 Å². The molecule has 1 aromatic rings. The summed E-state index contributed by atoms with van der Waals surface area (Å²) in [5.74, 6) is 2.16. The van der Waals surface area contributed by atoms with E-state index in [1.165, 1.54) is 6.42 Å². The minimum atomic E-state index is -0.127. The van der Waals surface area contributed by atoms with Crippen molar-refractivity contribution in [1.82, 2.24) is 19.8 Å². The normalized spacial score (nSPS) is 32.7. The number of aryl methyl sites for hydroxylation is 1. The van der Waals surface area contributed by atoms with Crippen LogP contribution in [0.15, 0.2) is 12.4 Å². The van der Waals surface area contributed by atoms with Crippen molar-refractivity contribution in [3.63, 3.8) is 0 Å². The van der Waals surface area contributed by atoms with E-state index in [1.807, 2.05) is 7.05 Å². The number of nitrogens with zero attached hydrogens (tertiary/aromatic N) is 3. The smallest absolute Gasteiger partial charge is 0.287 e. The molecule has 0 aliphatic carbocycles. The van der Waals surface area contributed by atoms with Crippen LogP contribution in [0, 0.1) is 17.8 Å². The van der Waals surface area contributed by atoms with Gasteiger partial charge in [0.25, 0.3) is 5.91 Å². The molecule has 0 saturated carbocycles. The SMILES string of the molecule is Cn1ccnc1C(=O)NC[C@@H]1OC[C@H]2CN(CC3CCOC3)CC[C@H]21. The molecule has 1 aromatic heterocycles. The van der Waals surface area contributed by atoms with Gasteiger partial charge in [0.2, 0.25) is 0 Å². The van der Waals surface area contributed by atoms with Crippen LogP contribution >= 0.6 is 0 Å². The quantitative estimate of drug-likeness (QED) is 0.840. The number of hydrogen-bond acceptors (Lipinski definition) is 5. The van der Waals surface area contributed by atoms with Crippen LogP contribution in [-0.4, -0.2) is 72.5 Å². The van der Waals surface area contributed by atoms with Crippen LogP contribution in [0.2, 0.25) is 0 Å². The Morgan fingerprint density at radius 3 is 3.08 bits per heavy atom. The minimum Gasteiger partial charge on any atom is -0.381 e. The fraction of sp³-hybridized carbons (Fsp3) is 0.778. The highest BCUT2D eigenvalue weighted by Crippen LogP contribution is 2.34. The first-order valence-corrected chi connectivity index (χ1v) is 9.38. The molecule has 1 unspecified atom stereocenters. The van der Waals surface area contributed by atoms with Gasteiger partial charge >= 0.3 is 0 Å². The van der Waals surface area contributed by atoms with Gasteiger partial charge in [-0.25, -0.2) is 4.98 Å². The second-order valence-electron chi connectivity index (χ2n) is 7.65. The van der Waals surface area contributed by atoms with Crippen molar-refractivity contribution in [1.29, 1.82) is 0 Å². The molecule has 4 rings (SSSR count). The van der Waals surface area contributed by atoms with E-state index < -0.39 is 0 Å². The maximum absolute atomic E-state index is 12.2. The average Bonchev–Trinajstić information content (AvgIpc) is 3.34. The van der Waals surface area contributed by atoms with Crippen molar-refractivity contribution < 1.29 is 14.3 Å². The number of piperidine rings is 1. The van der Waals surface area contributed by atoms with Crippen molar-refractivity contribution in [2.45, 2.75) is 18.9 Å². The van der Waals surface area contributed by atoms with E-state index in [0.29, 0.717) is 30.1 Å². The maximum atomic E-state index is 12.2. The Morgan fingerprint density at radius 2 is 2.32 bits per heavy atom. The van der Waals surface area contributed by atoms with Crippen LogP contribution in [0.4, 0.5) is 0 Å². The summed E-state index contributed by atoms with van der Waals surface area (Å²) in [6, 6.07) is 0. The standard InChI is InChI=1S/C18H28N4O3/c1-21-6-4-19-17(21)18(23)20-8-16-15-2-5-22(10-14(15)12-25-16)9-13-3-7-24-11-13/h4,6,13-16H,2-3,5,7-12H2,1H3,(H,20,23)/t13?,14-,15-,16+/m1/s1. The number of nitrogens with one attached hydrogen (secondary N) is 1. The maximum Gasteiger partial charge on any atom is 0.287 e. The van der Waals surface area contributed by atoms with Crippen LogP contribution in [0.1, 0.15) is 23.5 Å². The summed E-state index contributed by atoms with van der Waals surface area (Å²) in [6.07, 6.45) is 5.90. The second-order valence-corrected chi connectivity index (χ2v) is 7.65. The molecule has 7 heteroatoms. The third-order valence-electron chi connectivity index (χ3n) is 5.91. The van der Waals surface area contributed by atoms with Gasteiger partial charge in [-0.2, -0.15) is 0 Å². The predicted molar refractivity (Wildman–Crippen MR) is 92.2 cm³/mol. The van der Waals surface area contributed by atoms with E-state index in [-0.39, 0.29) is 12.0 Å². The summed E-state index contributed by atoms with van der Waals surface area (Å²) in [7, 11) is 1.83. The third-order valence-corrected chi connectivity index (χ3v) is 5.91. The van der Waals surface area contributed by atoms with Crippen LogP contribution in [0.5, 0.6) is 0 Å². The highest BCUT2D eigenvalue weighted by atomic mass is 16.5. The van der Waals surface area contributed by atoms with Crippen molar-refractivity contribution in [2.75, 3.05) is 46.0 Å². The molecule has 1 N–H and O–H groups in total. The summed E-state index contributed by atoms with van der Waals surface area (Å²) in [6.45, 7) is 6.63. The van der Waals surface area contributed by atoms with E-state index in [4.69, 9.17) is 9.47 Å². The average molecular weight is 348 g/mol. The van der Waals surface area contributed by atoms with Crippen molar-refractivity contribution in [2.24, 2.45) is 24.8 Å². The molecule has 0 bridgehead atoms. The molecule has 3 fully saturated rings. The summed E-state index contributed by atoms with van der Waals surface area (Å²) in [5.41, 5.74) is 0. The molecule has 1 amide bonds. The first-order chi connectivity index (χ1) is 12.2. The molecule has 25 heavy (non-hydrogen) atoms. The zero-order valence-corrected chi connectivity index (χ0v) is 14.9. The number of imidazole rings is 1. The lowest BCUT2D eigenvalue weighted by molar-refractivity contribution is 0.0729. The van der Waals surface area contributed by atoms with Gasteiger partial charge < -0.3 is 24.3 Å². The first kappa shape index (κ1) is 17.0. The topological polar surface area (TPSA) is 68.6 Å². The molecule has 0 spiro atoms. The highest BCUT2D eigenvalue weighted by Gasteiger charge is 2.41. The molecule has 3 aliphatic rings. The van der Waals surface area contributed by atoms with E-state index in [2.05, 4.69) is 15.2 Å². The van der Waals surface area contributed by atoms with Gasteiger partial charge in [0, 0.05) is 51.6 Å². The van der Waals surface area contributed by atoms with E-state index in [9.17, 15) is 4.79 Å². The molecule has 4 atom stereocenters. The molecular formula is C18H28N4O3. The molecule has 4 heterocycles. The Labute approximate surface area is 148 Å². The second kappa shape index (κ2) is 7.43.